The summed E-state index contributed by atoms with van der Waals surface area (Å²) >= 11 is 0. The highest BCUT2D eigenvalue weighted by atomic mass is 16.6. The molecule has 0 fully saturated rings. The second-order valence-electron chi connectivity index (χ2n) is 8.75. The van der Waals surface area contributed by atoms with Crippen molar-refractivity contribution in [1.29, 1.82) is 0 Å². The zero-order valence-electron chi connectivity index (χ0n) is 18.2. The first-order valence-corrected chi connectivity index (χ1v) is 10.3. The van der Waals surface area contributed by atoms with Crippen molar-refractivity contribution in [2.24, 2.45) is 0 Å². The Labute approximate surface area is 182 Å². The summed E-state index contributed by atoms with van der Waals surface area (Å²) in [5, 5.41) is 3.45. The standard InChI is InChI=1S/C26H26N2O3/c1-18-15-16-22-21(17-18)26(19-11-7-5-8-12-19,27-20-13-9-6-10-14-20)23(29)28(22)24(30)31-25(2,3)4/h5-17,27H,1-4H3/t26-/m1/s1. The van der Waals surface area contributed by atoms with Gasteiger partial charge in [0.2, 0.25) is 0 Å². The lowest BCUT2D eigenvalue weighted by Gasteiger charge is -2.32. The Morgan fingerprint density at radius 1 is 0.935 bits per heavy atom. The first-order valence-electron chi connectivity index (χ1n) is 10.3. The van der Waals surface area contributed by atoms with Crippen LogP contribution in [0.1, 0.15) is 37.5 Å². The minimum absolute atomic E-state index is 0.391. The second-order valence-corrected chi connectivity index (χ2v) is 8.75. The van der Waals surface area contributed by atoms with E-state index in [9.17, 15) is 9.59 Å². The number of anilines is 2. The van der Waals surface area contributed by atoms with Crippen molar-refractivity contribution in [3.05, 3.63) is 95.6 Å². The Kier molecular flexibility index (Phi) is 5.05. The molecule has 0 aromatic heterocycles. The number of aryl methyl sites for hydroxylation is 1. The molecule has 1 aliphatic heterocycles. The van der Waals surface area contributed by atoms with Crippen LogP contribution in [0, 0.1) is 6.92 Å². The number of carbonyl (C=O) groups is 2. The van der Waals surface area contributed by atoms with Gasteiger partial charge in [-0.1, -0.05) is 66.2 Å². The predicted molar refractivity (Wildman–Crippen MR) is 122 cm³/mol. The lowest BCUT2D eigenvalue weighted by molar-refractivity contribution is -0.120. The van der Waals surface area contributed by atoms with Crippen molar-refractivity contribution in [3.63, 3.8) is 0 Å². The third-order valence-corrected chi connectivity index (χ3v) is 5.21. The van der Waals surface area contributed by atoms with Crippen molar-refractivity contribution in [1.82, 2.24) is 0 Å². The SMILES string of the molecule is Cc1ccc2c(c1)[C@](Nc1ccccc1)(c1ccccc1)C(=O)N2C(=O)OC(C)(C)C. The number of hydrogen-bond acceptors (Lipinski definition) is 4. The molecule has 1 heterocycles. The molecule has 3 aromatic rings. The predicted octanol–water partition coefficient (Wildman–Crippen LogP) is 5.63. The molecule has 3 aromatic carbocycles. The van der Waals surface area contributed by atoms with Gasteiger partial charge < -0.3 is 10.1 Å². The van der Waals surface area contributed by atoms with Crippen molar-refractivity contribution in [2.75, 3.05) is 10.2 Å². The van der Waals surface area contributed by atoms with Gasteiger partial charge in [-0.2, -0.15) is 0 Å². The topological polar surface area (TPSA) is 58.6 Å². The van der Waals surface area contributed by atoms with Gasteiger partial charge in [0, 0.05) is 11.3 Å². The van der Waals surface area contributed by atoms with Crippen molar-refractivity contribution in [2.45, 2.75) is 38.8 Å². The molecule has 1 atom stereocenters. The summed E-state index contributed by atoms with van der Waals surface area (Å²) in [4.78, 5) is 28.4. The van der Waals surface area contributed by atoms with Gasteiger partial charge in [0.1, 0.15) is 5.60 Å². The molecule has 0 aliphatic carbocycles. The normalized spacial score (nSPS) is 17.9. The van der Waals surface area contributed by atoms with Gasteiger partial charge >= 0.3 is 6.09 Å². The monoisotopic (exact) mass is 414 g/mol. The van der Waals surface area contributed by atoms with E-state index in [1.807, 2.05) is 85.8 Å². The highest BCUT2D eigenvalue weighted by molar-refractivity contribution is 6.23. The zero-order chi connectivity index (χ0) is 22.2. The molecule has 0 unspecified atom stereocenters. The minimum Gasteiger partial charge on any atom is -0.443 e. The molecule has 0 saturated carbocycles. The molecule has 1 aliphatic rings. The Bertz CT molecular complexity index is 1120. The molecule has 158 valence electrons. The number of para-hydroxylation sites is 1. The summed E-state index contributed by atoms with van der Waals surface area (Å²) in [6.45, 7) is 7.33. The third kappa shape index (κ3) is 3.67. The number of fused-ring (bicyclic) bond motifs is 1. The van der Waals surface area contributed by atoms with Crippen LogP contribution >= 0.6 is 0 Å². The molecule has 0 saturated heterocycles. The summed E-state index contributed by atoms with van der Waals surface area (Å²) in [5.74, 6) is -0.391. The molecule has 5 nitrogen and oxygen atoms in total. The van der Waals surface area contributed by atoms with E-state index in [2.05, 4.69) is 5.32 Å². The number of rotatable bonds is 3. The maximum Gasteiger partial charge on any atom is 0.421 e. The quantitative estimate of drug-likeness (QED) is 0.603. The average Bonchev–Trinajstić information content (AvgIpc) is 2.97. The lowest BCUT2D eigenvalue weighted by atomic mass is 9.83. The van der Waals surface area contributed by atoms with Crippen molar-refractivity contribution < 1.29 is 14.3 Å². The van der Waals surface area contributed by atoms with Crippen LogP contribution in [-0.4, -0.2) is 17.6 Å². The smallest absolute Gasteiger partial charge is 0.421 e. The van der Waals surface area contributed by atoms with Crippen LogP contribution < -0.4 is 10.2 Å². The van der Waals surface area contributed by atoms with Crippen LogP contribution in [0.15, 0.2) is 78.9 Å². The first kappa shape index (κ1) is 20.7. The van der Waals surface area contributed by atoms with Crippen molar-refractivity contribution in [3.8, 4) is 0 Å². The van der Waals surface area contributed by atoms with Gasteiger partial charge in [-0.25, -0.2) is 9.69 Å². The molecule has 4 rings (SSSR count). The van der Waals surface area contributed by atoms with E-state index in [4.69, 9.17) is 4.74 Å². The van der Waals surface area contributed by atoms with Gasteiger partial charge in [0.05, 0.1) is 5.69 Å². The molecule has 0 spiro atoms. The highest BCUT2D eigenvalue weighted by Gasteiger charge is 2.55. The van der Waals surface area contributed by atoms with E-state index in [-0.39, 0.29) is 0 Å². The van der Waals surface area contributed by atoms with E-state index in [0.29, 0.717) is 5.69 Å². The minimum atomic E-state index is -1.26. The number of nitrogens with zero attached hydrogens (tertiary/aromatic N) is 1. The number of carbonyl (C=O) groups excluding carboxylic acids is 2. The van der Waals surface area contributed by atoms with E-state index in [1.165, 1.54) is 0 Å². The summed E-state index contributed by atoms with van der Waals surface area (Å²) < 4.78 is 5.60. The Morgan fingerprint density at radius 3 is 2.16 bits per heavy atom. The fraction of sp³-hybridized carbons (Fsp3) is 0.231. The van der Waals surface area contributed by atoms with Gasteiger partial charge in [0.15, 0.2) is 5.54 Å². The van der Waals surface area contributed by atoms with Gasteiger partial charge in [-0.05, 0) is 51.5 Å². The van der Waals surface area contributed by atoms with Gasteiger partial charge in [-0.15, -0.1) is 0 Å². The maximum absolute atomic E-state index is 14.1. The molecule has 2 amide bonds. The number of imide groups is 1. The molecule has 5 heteroatoms. The van der Waals surface area contributed by atoms with Crippen molar-refractivity contribution >= 4 is 23.4 Å². The molecule has 1 N–H and O–H groups in total. The van der Waals surface area contributed by atoms with Gasteiger partial charge in [0.25, 0.3) is 5.91 Å². The first-order chi connectivity index (χ1) is 14.7. The van der Waals surface area contributed by atoms with Crippen LogP contribution in [0.4, 0.5) is 16.2 Å². The van der Waals surface area contributed by atoms with Crippen LogP contribution in [0.5, 0.6) is 0 Å². The average molecular weight is 415 g/mol. The highest BCUT2D eigenvalue weighted by Crippen LogP contribution is 2.47. The lowest BCUT2D eigenvalue weighted by Crippen LogP contribution is -2.49. The molecular weight excluding hydrogens is 388 g/mol. The van der Waals surface area contributed by atoms with Crippen LogP contribution in [0.25, 0.3) is 0 Å². The van der Waals surface area contributed by atoms with E-state index in [0.717, 1.165) is 27.3 Å². The summed E-state index contributed by atoms with van der Waals surface area (Å²) in [5.41, 5.74) is 1.77. The molecule has 31 heavy (non-hydrogen) atoms. The summed E-state index contributed by atoms with van der Waals surface area (Å²) in [6.07, 6.45) is -0.685. The summed E-state index contributed by atoms with van der Waals surface area (Å²) in [6, 6.07) is 24.7. The second kappa shape index (κ2) is 7.58. The van der Waals surface area contributed by atoms with Gasteiger partial charge in [-0.3, -0.25) is 4.79 Å². The maximum atomic E-state index is 14.1. The zero-order valence-corrected chi connectivity index (χ0v) is 18.2. The molecule has 0 radical (unpaired) electrons. The van der Waals surface area contributed by atoms with Crippen LogP contribution in [0.3, 0.4) is 0 Å². The number of hydrogen-bond donors (Lipinski definition) is 1. The number of nitrogens with one attached hydrogen (secondary N) is 1. The number of ether oxygens (including phenoxy) is 1. The Balaban J connectivity index is 1.95. The number of amides is 2. The van der Waals surface area contributed by atoms with E-state index < -0.39 is 23.1 Å². The number of benzene rings is 3. The summed E-state index contributed by atoms with van der Waals surface area (Å²) in [7, 11) is 0. The largest absolute Gasteiger partial charge is 0.443 e. The van der Waals surface area contributed by atoms with E-state index in [1.54, 1.807) is 20.8 Å². The Morgan fingerprint density at radius 2 is 1.55 bits per heavy atom. The van der Waals surface area contributed by atoms with E-state index >= 15 is 0 Å². The third-order valence-electron chi connectivity index (χ3n) is 5.21. The molecular formula is C26H26N2O3. The fourth-order valence-corrected chi connectivity index (χ4v) is 3.92. The molecule has 0 bridgehead atoms. The van der Waals surface area contributed by atoms with Crippen LogP contribution in [-0.2, 0) is 15.1 Å². The fourth-order valence-electron chi connectivity index (χ4n) is 3.92. The Hall–Kier alpha value is -3.60. The van der Waals surface area contributed by atoms with Crippen LogP contribution in [0.2, 0.25) is 0 Å².